The molecule has 6 rings (SSSR count). The molecule has 4 aromatic rings. The van der Waals surface area contributed by atoms with Crippen LogP contribution in [0.4, 0.5) is 13.2 Å². The molecule has 0 aliphatic carbocycles. The summed E-state index contributed by atoms with van der Waals surface area (Å²) < 4.78 is 40.6. The molecule has 2 aliphatic heterocycles. The molecule has 0 radical (unpaired) electrons. The third-order valence-corrected chi connectivity index (χ3v) is 9.51. The van der Waals surface area contributed by atoms with E-state index in [0.29, 0.717) is 63.5 Å². The maximum absolute atomic E-state index is 13.8. The molecule has 2 N–H and O–H groups in total. The summed E-state index contributed by atoms with van der Waals surface area (Å²) in [6.07, 6.45) is -1.15. The minimum Gasteiger partial charge on any atom is -0.392 e. The largest absolute Gasteiger partial charge is 0.416 e. The lowest BCUT2D eigenvalue weighted by Crippen LogP contribution is -2.45. The highest BCUT2D eigenvalue weighted by Crippen LogP contribution is 2.38. The predicted octanol–water partition coefficient (Wildman–Crippen LogP) is 7.02. The molecule has 1 unspecified atom stereocenters. The average molecular weight is 689 g/mol. The van der Waals surface area contributed by atoms with Gasteiger partial charge in [0.05, 0.1) is 37.8 Å². The van der Waals surface area contributed by atoms with Gasteiger partial charge in [-0.15, -0.1) is 11.3 Å². The van der Waals surface area contributed by atoms with Gasteiger partial charge < -0.3 is 5.11 Å². The number of halogens is 5. The van der Waals surface area contributed by atoms with Crippen molar-refractivity contribution in [2.45, 2.75) is 44.5 Å². The van der Waals surface area contributed by atoms with Crippen molar-refractivity contribution in [1.82, 2.24) is 25.1 Å². The molecule has 1 amide bonds. The summed E-state index contributed by atoms with van der Waals surface area (Å²) in [7, 11) is 0. The van der Waals surface area contributed by atoms with E-state index < -0.39 is 17.8 Å². The number of amides is 1. The van der Waals surface area contributed by atoms with Crippen LogP contribution in [0.2, 0.25) is 10.0 Å². The Kier molecular flexibility index (Phi) is 9.75. The smallest absolute Gasteiger partial charge is 0.392 e. The second-order valence-corrected chi connectivity index (χ2v) is 13.3. The molecule has 2 aromatic carbocycles. The van der Waals surface area contributed by atoms with Crippen LogP contribution in [0.1, 0.15) is 57.7 Å². The number of likely N-dealkylation sites (tertiary alicyclic amines) is 1. The number of aromatic nitrogens is 2. The summed E-state index contributed by atoms with van der Waals surface area (Å²) >= 11 is 14.3. The summed E-state index contributed by atoms with van der Waals surface area (Å²) in [6.45, 7) is 3.00. The molecule has 2 aliphatic rings. The summed E-state index contributed by atoms with van der Waals surface area (Å²) in [4.78, 5) is 17.4. The number of hydrogen-bond acceptors (Lipinski definition) is 6. The van der Waals surface area contributed by atoms with Crippen LogP contribution in [-0.4, -0.2) is 63.0 Å². The van der Waals surface area contributed by atoms with E-state index in [2.05, 4.69) is 22.2 Å². The topological polar surface area (TPSA) is 73.6 Å². The molecule has 2 fully saturated rings. The number of benzene rings is 2. The molecule has 1 atom stereocenters. The number of hydrogen-bond donors (Lipinski definition) is 2. The minimum absolute atomic E-state index is 0.249. The lowest BCUT2D eigenvalue weighted by molar-refractivity contribution is -0.137. The lowest BCUT2D eigenvalue weighted by atomic mass is 10.1. The molecule has 13 heteroatoms. The molecule has 0 spiro atoms. The van der Waals surface area contributed by atoms with Gasteiger partial charge in [-0.25, -0.2) is 9.69 Å². The molecule has 0 bridgehead atoms. The first-order valence-electron chi connectivity index (χ1n) is 14.9. The van der Waals surface area contributed by atoms with Crippen LogP contribution < -0.4 is 5.43 Å². The van der Waals surface area contributed by atoms with Gasteiger partial charge in [0.1, 0.15) is 0 Å². The van der Waals surface area contributed by atoms with E-state index in [0.717, 1.165) is 49.4 Å². The van der Waals surface area contributed by atoms with Crippen molar-refractivity contribution < 1.29 is 23.1 Å². The first-order valence-corrected chi connectivity index (χ1v) is 16.5. The van der Waals surface area contributed by atoms with E-state index >= 15 is 0 Å². The van der Waals surface area contributed by atoms with Crippen molar-refractivity contribution in [3.8, 4) is 28.1 Å². The van der Waals surface area contributed by atoms with Crippen molar-refractivity contribution in [2.75, 3.05) is 26.2 Å². The number of carbonyl (C=O) groups is 1. The third-order valence-electron chi connectivity index (χ3n) is 7.96. The zero-order valence-corrected chi connectivity index (χ0v) is 26.9. The fraction of sp³-hybridized carbons (Fsp3) is 0.333. The maximum Gasteiger partial charge on any atom is 0.416 e. The molecule has 2 aromatic heterocycles. The summed E-state index contributed by atoms with van der Waals surface area (Å²) in [5.41, 5.74) is 4.87. The zero-order valence-electron chi connectivity index (χ0n) is 24.6. The first-order chi connectivity index (χ1) is 22.0. The number of aliphatic hydroxyl groups excluding tert-OH is 1. The highest BCUT2D eigenvalue weighted by atomic mass is 35.5. The molecule has 240 valence electrons. The maximum atomic E-state index is 13.8. The van der Waals surface area contributed by atoms with Crippen LogP contribution >= 0.6 is 34.5 Å². The molecule has 4 heterocycles. The Hall–Kier alpha value is -3.37. The lowest BCUT2D eigenvalue weighted by Gasteiger charge is -2.26. The van der Waals surface area contributed by atoms with Gasteiger partial charge >= 0.3 is 6.18 Å². The molecule has 0 saturated carbocycles. The van der Waals surface area contributed by atoms with Gasteiger partial charge in [-0.05, 0) is 73.9 Å². The van der Waals surface area contributed by atoms with Crippen LogP contribution in [0.15, 0.2) is 54.6 Å². The Balaban J connectivity index is 1.42. The van der Waals surface area contributed by atoms with E-state index in [1.807, 2.05) is 17.1 Å². The number of hydrazine groups is 1. The van der Waals surface area contributed by atoms with Crippen LogP contribution in [0.25, 0.3) is 16.3 Å². The number of aliphatic hydroxyl groups is 1. The first kappa shape index (κ1) is 32.6. The normalized spacial score (nSPS) is 17.6. The monoisotopic (exact) mass is 687 g/mol. The number of carbonyl (C=O) groups excluding carboxylic acids is 1. The second kappa shape index (κ2) is 13.8. The Labute approximate surface area is 278 Å². The highest BCUT2D eigenvalue weighted by molar-refractivity contribution is 7.16. The van der Waals surface area contributed by atoms with Crippen molar-refractivity contribution in [2.24, 2.45) is 0 Å². The van der Waals surface area contributed by atoms with E-state index in [4.69, 9.17) is 28.3 Å². The standard InChI is InChI=1S/C33H30Cl2F3N5O2S/c34-23-9-12-28(27(35)18-23)43-31(29-13-11-25(46-29)10-6-21-4-7-22(8-5-21)33(36,37)38)26(20-41-17-14-24(44)19-41)30(39-43)32(45)40-42-15-2-1-3-16-42/h4-5,7-9,11-13,18,24,44H,1-3,14-17,19-20H2,(H,40,45). The Morgan fingerprint density at radius 2 is 1.78 bits per heavy atom. The zero-order chi connectivity index (χ0) is 32.4. The van der Waals surface area contributed by atoms with Gasteiger partial charge in [0, 0.05) is 48.9 Å². The third kappa shape index (κ3) is 7.44. The van der Waals surface area contributed by atoms with Crippen LogP contribution in [-0.2, 0) is 12.7 Å². The SMILES string of the molecule is O=C(NN1CCCCC1)c1nn(-c2ccc(Cl)cc2Cl)c(-c2ccc(C#Cc3ccc(C(F)(F)F)cc3)s2)c1CN1CCC(O)C1. The second-order valence-electron chi connectivity index (χ2n) is 11.3. The minimum atomic E-state index is -4.42. The number of nitrogens with zero attached hydrogens (tertiary/aromatic N) is 4. The number of β-amino-alcohol motifs (C(OH)–C–C–N with tert-alkyl or cyclic N) is 1. The van der Waals surface area contributed by atoms with Gasteiger partial charge in [-0.3, -0.25) is 15.1 Å². The van der Waals surface area contributed by atoms with Crippen molar-refractivity contribution in [3.63, 3.8) is 0 Å². The van der Waals surface area contributed by atoms with Gasteiger partial charge in [-0.1, -0.05) is 41.5 Å². The van der Waals surface area contributed by atoms with Crippen molar-refractivity contribution >= 4 is 40.4 Å². The molecular weight excluding hydrogens is 658 g/mol. The van der Waals surface area contributed by atoms with Crippen LogP contribution in [0.3, 0.4) is 0 Å². The van der Waals surface area contributed by atoms with Crippen molar-refractivity contribution in [3.05, 3.63) is 91.9 Å². The molecule has 46 heavy (non-hydrogen) atoms. The van der Waals surface area contributed by atoms with E-state index in [1.54, 1.807) is 22.9 Å². The van der Waals surface area contributed by atoms with Crippen LogP contribution in [0, 0.1) is 11.8 Å². The van der Waals surface area contributed by atoms with Crippen LogP contribution in [0.5, 0.6) is 0 Å². The molecular formula is C33H30Cl2F3N5O2S. The quantitative estimate of drug-likeness (QED) is 0.213. The van der Waals surface area contributed by atoms with E-state index in [1.165, 1.54) is 23.5 Å². The van der Waals surface area contributed by atoms with Gasteiger partial charge in [0.25, 0.3) is 5.91 Å². The van der Waals surface area contributed by atoms with Crippen molar-refractivity contribution in [1.29, 1.82) is 0 Å². The van der Waals surface area contributed by atoms with E-state index in [9.17, 15) is 23.1 Å². The van der Waals surface area contributed by atoms with E-state index in [-0.39, 0.29) is 11.6 Å². The Morgan fingerprint density at radius 3 is 2.46 bits per heavy atom. The number of rotatable bonds is 6. The number of nitrogens with one attached hydrogen (secondary N) is 1. The fourth-order valence-electron chi connectivity index (χ4n) is 5.65. The predicted molar refractivity (Wildman–Crippen MR) is 173 cm³/mol. The number of alkyl halides is 3. The highest BCUT2D eigenvalue weighted by Gasteiger charge is 2.31. The molecule has 2 saturated heterocycles. The number of piperidine rings is 1. The average Bonchev–Trinajstić information content (AvgIpc) is 3.75. The van der Waals surface area contributed by atoms with Gasteiger partial charge in [-0.2, -0.15) is 18.3 Å². The summed E-state index contributed by atoms with van der Waals surface area (Å²) in [5.74, 6) is 5.66. The summed E-state index contributed by atoms with van der Waals surface area (Å²) in [6, 6.07) is 13.5. The number of thiophene rings is 1. The molecule has 7 nitrogen and oxygen atoms in total. The van der Waals surface area contributed by atoms with Gasteiger partial charge in [0.2, 0.25) is 0 Å². The summed E-state index contributed by atoms with van der Waals surface area (Å²) in [5, 5.41) is 17.8. The fourth-order valence-corrected chi connectivity index (χ4v) is 7.06. The Morgan fingerprint density at radius 1 is 1.02 bits per heavy atom. The van der Waals surface area contributed by atoms with Gasteiger partial charge in [0.15, 0.2) is 5.69 Å². The Bertz CT molecular complexity index is 1790.